The Kier molecular flexibility index (Phi) is 4.27. The van der Waals surface area contributed by atoms with Crippen LogP contribution in [0.2, 0.25) is 0 Å². The highest BCUT2D eigenvalue weighted by molar-refractivity contribution is 5.94. The van der Waals surface area contributed by atoms with E-state index in [0.29, 0.717) is 30.8 Å². The lowest BCUT2D eigenvalue weighted by Crippen LogP contribution is -2.39. The zero-order valence-electron chi connectivity index (χ0n) is 13.9. The Morgan fingerprint density at radius 2 is 1.83 bits per heavy atom. The van der Waals surface area contributed by atoms with E-state index in [-0.39, 0.29) is 17.9 Å². The molecule has 0 spiro atoms. The molecule has 5 nitrogen and oxygen atoms in total. The molecule has 1 aromatic carbocycles. The van der Waals surface area contributed by atoms with Crippen molar-refractivity contribution in [3.8, 4) is 0 Å². The average molecular weight is 328 g/mol. The molecular formula is C19H24N2O3. The minimum atomic E-state index is -0.255. The molecule has 4 rings (SSSR count). The summed E-state index contributed by atoms with van der Waals surface area (Å²) in [5, 5.41) is 2.99. The molecule has 1 N–H and O–H groups in total. The molecule has 0 aromatic heterocycles. The predicted molar refractivity (Wildman–Crippen MR) is 89.5 cm³/mol. The van der Waals surface area contributed by atoms with Gasteiger partial charge in [0.1, 0.15) is 6.10 Å². The van der Waals surface area contributed by atoms with Crippen molar-refractivity contribution < 1.29 is 14.3 Å². The topological polar surface area (TPSA) is 58.6 Å². The molecule has 1 atom stereocenters. The van der Waals surface area contributed by atoms with Crippen molar-refractivity contribution in [3.05, 3.63) is 35.4 Å². The first-order valence-electron chi connectivity index (χ1n) is 9.02. The highest BCUT2D eigenvalue weighted by Crippen LogP contribution is 2.30. The van der Waals surface area contributed by atoms with Crippen molar-refractivity contribution in [2.75, 3.05) is 6.61 Å². The van der Waals surface area contributed by atoms with Crippen LogP contribution in [-0.2, 0) is 16.1 Å². The van der Waals surface area contributed by atoms with Crippen LogP contribution in [0.5, 0.6) is 0 Å². The van der Waals surface area contributed by atoms with E-state index < -0.39 is 0 Å². The van der Waals surface area contributed by atoms with Gasteiger partial charge in [-0.15, -0.1) is 0 Å². The molecule has 24 heavy (non-hydrogen) atoms. The van der Waals surface area contributed by atoms with Crippen LogP contribution >= 0.6 is 0 Å². The lowest BCUT2D eigenvalue weighted by Gasteiger charge is -2.25. The summed E-state index contributed by atoms with van der Waals surface area (Å²) < 4.78 is 5.56. The van der Waals surface area contributed by atoms with E-state index in [9.17, 15) is 9.59 Å². The first kappa shape index (κ1) is 15.6. The lowest BCUT2D eigenvalue weighted by atomic mass is 10.1. The molecule has 5 heteroatoms. The fraction of sp³-hybridized carbons (Fsp3) is 0.579. The molecule has 1 saturated heterocycles. The summed E-state index contributed by atoms with van der Waals surface area (Å²) in [5.41, 5.74) is 1.75. The molecule has 3 fully saturated rings. The first-order valence-corrected chi connectivity index (χ1v) is 9.02. The summed E-state index contributed by atoms with van der Waals surface area (Å²) in [6.07, 6.45) is 5.90. The van der Waals surface area contributed by atoms with E-state index in [2.05, 4.69) is 5.32 Å². The Morgan fingerprint density at radius 3 is 2.42 bits per heavy atom. The number of rotatable bonds is 6. The van der Waals surface area contributed by atoms with Crippen LogP contribution in [0.3, 0.4) is 0 Å². The Hall–Kier alpha value is -1.88. The number of ether oxygens (including phenoxy) is 1. The molecule has 0 bridgehead atoms. The molecule has 1 unspecified atom stereocenters. The van der Waals surface area contributed by atoms with E-state index in [0.717, 1.165) is 44.1 Å². The van der Waals surface area contributed by atoms with Gasteiger partial charge in [0.15, 0.2) is 0 Å². The molecule has 128 valence electrons. The van der Waals surface area contributed by atoms with Crippen LogP contribution in [0.15, 0.2) is 24.3 Å². The molecule has 3 aliphatic rings. The smallest absolute Gasteiger partial charge is 0.252 e. The second kappa shape index (κ2) is 6.55. The SMILES string of the molecule is O=C(NC1CC1)c1ccc(CN(C(=O)C2CCCO2)C2CC2)cc1. The molecule has 1 aliphatic heterocycles. The number of hydrogen-bond acceptors (Lipinski definition) is 3. The lowest BCUT2D eigenvalue weighted by molar-refractivity contribution is -0.142. The number of nitrogens with zero attached hydrogens (tertiary/aromatic N) is 1. The number of nitrogens with one attached hydrogen (secondary N) is 1. The normalized spacial score (nSPS) is 23.1. The highest BCUT2D eigenvalue weighted by atomic mass is 16.5. The predicted octanol–water partition coefficient (Wildman–Crippen LogP) is 2.25. The largest absolute Gasteiger partial charge is 0.368 e. The summed E-state index contributed by atoms with van der Waals surface area (Å²) in [5.74, 6) is 0.129. The van der Waals surface area contributed by atoms with Gasteiger partial charge in [-0.25, -0.2) is 0 Å². The number of carbonyl (C=O) groups is 2. The van der Waals surface area contributed by atoms with Crippen molar-refractivity contribution in [2.24, 2.45) is 0 Å². The van der Waals surface area contributed by atoms with Gasteiger partial charge in [-0.3, -0.25) is 9.59 Å². The van der Waals surface area contributed by atoms with Gasteiger partial charge in [0.2, 0.25) is 0 Å². The maximum Gasteiger partial charge on any atom is 0.252 e. The van der Waals surface area contributed by atoms with Crippen LogP contribution < -0.4 is 5.32 Å². The number of amides is 2. The summed E-state index contributed by atoms with van der Waals surface area (Å²) in [6, 6.07) is 8.36. The quantitative estimate of drug-likeness (QED) is 0.871. The molecular weight excluding hydrogens is 304 g/mol. The summed E-state index contributed by atoms with van der Waals surface area (Å²) in [6.45, 7) is 1.30. The van der Waals surface area contributed by atoms with Gasteiger partial charge in [0, 0.05) is 30.8 Å². The van der Waals surface area contributed by atoms with Gasteiger partial charge in [-0.2, -0.15) is 0 Å². The van der Waals surface area contributed by atoms with Crippen molar-refractivity contribution in [3.63, 3.8) is 0 Å². The molecule has 2 aliphatic carbocycles. The third-order valence-electron chi connectivity index (χ3n) is 4.96. The minimum Gasteiger partial charge on any atom is -0.368 e. The van der Waals surface area contributed by atoms with E-state index in [1.165, 1.54) is 0 Å². The van der Waals surface area contributed by atoms with Crippen molar-refractivity contribution >= 4 is 11.8 Å². The zero-order valence-corrected chi connectivity index (χ0v) is 13.9. The Balaban J connectivity index is 1.40. The Labute approximate surface area is 142 Å². The average Bonchev–Trinajstić information content (AvgIpc) is 3.53. The summed E-state index contributed by atoms with van der Waals surface area (Å²) in [7, 11) is 0. The van der Waals surface area contributed by atoms with Crippen molar-refractivity contribution in [2.45, 2.75) is 63.3 Å². The van der Waals surface area contributed by atoms with Crippen LogP contribution in [0.25, 0.3) is 0 Å². The van der Waals surface area contributed by atoms with E-state index in [1.807, 2.05) is 29.2 Å². The van der Waals surface area contributed by atoms with E-state index in [1.54, 1.807) is 0 Å². The summed E-state index contributed by atoms with van der Waals surface area (Å²) in [4.78, 5) is 26.7. The van der Waals surface area contributed by atoms with Crippen LogP contribution in [0.1, 0.15) is 54.4 Å². The fourth-order valence-corrected chi connectivity index (χ4v) is 3.19. The van der Waals surface area contributed by atoms with Crippen molar-refractivity contribution in [1.29, 1.82) is 0 Å². The van der Waals surface area contributed by atoms with Gasteiger partial charge >= 0.3 is 0 Å². The van der Waals surface area contributed by atoms with Gasteiger partial charge in [-0.1, -0.05) is 12.1 Å². The highest BCUT2D eigenvalue weighted by Gasteiger charge is 2.37. The fourth-order valence-electron chi connectivity index (χ4n) is 3.19. The van der Waals surface area contributed by atoms with E-state index >= 15 is 0 Å². The van der Waals surface area contributed by atoms with E-state index in [4.69, 9.17) is 4.74 Å². The standard InChI is InChI=1S/C19H24N2O3/c22-18(20-15-7-8-15)14-5-3-13(4-6-14)12-21(16-9-10-16)19(23)17-2-1-11-24-17/h3-6,15-17H,1-2,7-12H2,(H,20,22). The molecule has 2 saturated carbocycles. The third kappa shape index (κ3) is 3.61. The molecule has 1 aromatic rings. The molecule has 1 heterocycles. The Bertz CT molecular complexity index is 614. The van der Waals surface area contributed by atoms with Gasteiger partial charge in [0.05, 0.1) is 0 Å². The second-order valence-electron chi connectivity index (χ2n) is 7.14. The number of benzene rings is 1. The van der Waals surface area contributed by atoms with Gasteiger partial charge < -0.3 is 15.0 Å². The maximum absolute atomic E-state index is 12.7. The Morgan fingerprint density at radius 1 is 1.08 bits per heavy atom. The minimum absolute atomic E-state index is 0.00136. The number of carbonyl (C=O) groups excluding carboxylic acids is 2. The molecule has 2 amide bonds. The van der Waals surface area contributed by atoms with Crippen LogP contribution in [0, 0.1) is 0 Å². The first-order chi connectivity index (χ1) is 11.7. The monoisotopic (exact) mass is 328 g/mol. The second-order valence-corrected chi connectivity index (χ2v) is 7.14. The van der Waals surface area contributed by atoms with Gasteiger partial charge in [0.25, 0.3) is 11.8 Å². The van der Waals surface area contributed by atoms with Crippen LogP contribution in [-0.4, -0.2) is 41.5 Å². The maximum atomic E-state index is 12.7. The molecule has 0 radical (unpaired) electrons. The third-order valence-corrected chi connectivity index (χ3v) is 4.96. The summed E-state index contributed by atoms with van der Waals surface area (Å²) >= 11 is 0. The van der Waals surface area contributed by atoms with Crippen LogP contribution in [0.4, 0.5) is 0 Å². The zero-order chi connectivity index (χ0) is 16.5. The number of hydrogen-bond donors (Lipinski definition) is 1. The van der Waals surface area contributed by atoms with Gasteiger partial charge in [-0.05, 0) is 56.2 Å². The van der Waals surface area contributed by atoms with Crippen molar-refractivity contribution in [1.82, 2.24) is 10.2 Å².